The highest BCUT2D eigenvalue weighted by atomic mass is 32.1. The molecule has 0 aliphatic carbocycles. The summed E-state index contributed by atoms with van der Waals surface area (Å²) in [4.78, 5) is 20.5. The highest BCUT2D eigenvalue weighted by molar-refractivity contribution is 7.13. The molecule has 4 heterocycles. The highest BCUT2D eigenvalue weighted by Gasteiger charge is 2.09. The van der Waals surface area contributed by atoms with Gasteiger partial charge in [0.05, 0.1) is 23.1 Å². The minimum absolute atomic E-state index is 0.537. The molecule has 0 aliphatic rings. The van der Waals surface area contributed by atoms with Crippen LogP contribution >= 0.6 is 11.3 Å². The van der Waals surface area contributed by atoms with Crippen molar-refractivity contribution in [1.29, 1.82) is 0 Å². The molecular weight excluding hydrogens is 296 g/mol. The Balaban J connectivity index is 1.72. The van der Waals surface area contributed by atoms with Crippen LogP contribution in [0, 0.1) is 6.92 Å². The lowest BCUT2D eigenvalue weighted by Crippen LogP contribution is -1.97. The first-order valence-corrected chi connectivity index (χ1v) is 7.61. The Morgan fingerprint density at radius 3 is 3.00 bits per heavy atom. The van der Waals surface area contributed by atoms with Gasteiger partial charge in [0.1, 0.15) is 0 Å². The van der Waals surface area contributed by atoms with Gasteiger partial charge in [-0.05, 0) is 19.1 Å². The number of thiazole rings is 1. The van der Waals surface area contributed by atoms with E-state index in [-0.39, 0.29) is 0 Å². The summed E-state index contributed by atoms with van der Waals surface area (Å²) in [7, 11) is 0. The Morgan fingerprint density at radius 1 is 1.18 bits per heavy atom. The van der Waals surface area contributed by atoms with E-state index in [1.807, 2.05) is 30.6 Å². The number of H-pyrrole nitrogens is 1. The van der Waals surface area contributed by atoms with E-state index in [9.17, 15) is 0 Å². The van der Waals surface area contributed by atoms with E-state index in [0.29, 0.717) is 5.95 Å². The van der Waals surface area contributed by atoms with Crippen molar-refractivity contribution >= 4 is 33.3 Å². The lowest BCUT2D eigenvalue weighted by molar-refractivity contribution is 1.16. The first-order chi connectivity index (χ1) is 10.8. The zero-order valence-electron chi connectivity index (χ0n) is 11.7. The lowest BCUT2D eigenvalue weighted by Gasteiger charge is -2.03. The second kappa shape index (κ2) is 5.19. The Bertz CT molecular complexity index is 942. The third kappa shape index (κ3) is 2.31. The molecule has 0 fully saturated rings. The Morgan fingerprint density at radius 2 is 2.14 bits per heavy atom. The molecule has 4 aromatic heterocycles. The van der Waals surface area contributed by atoms with Gasteiger partial charge in [0, 0.05) is 34.9 Å². The van der Waals surface area contributed by atoms with Crippen LogP contribution in [0.15, 0.2) is 42.3 Å². The standard InChI is InChI=1S/C15H12N6S/c1-9-8-22-15(19-9)21-14-17-5-3-12(20-14)11-6-18-13-7-16-4-2-10(11)13/h2-8,18H,1H3,(H,17,19,20,21). The van der Waals surface area contributed by atoms with Crippen LogP contribution in [-0.2, 0) is 0 Å². The van der Waals surface area contributed by atoms with E-state index < -0.39 is 0 Å². The van der Waals surface area contributed by atoms with Gasteiger partial charge in [-0.3, -0.25) is 4.98 Å². The van der Waals surface area contributed by atoms with Crippen LogP contribution in [0.3, 0.4) is 0 Å². The van der Waals surface area contributed by atoms with Gasteiger partial charge in [-0.25, -0.2) is 15.0 Å². The maximum Gasteiger partial charge on any atom is 0.229 e. The Labute approximate surface area is 130 Å². The summed E-state index contributed by atoms with van der Waals surface area (Å²) >= 11 is 1.53. The summed E-state index contributed by atoms with van der Waals surface area (Å²) in [5.41, 5.74) is 3.84. The molecule has 0 amide bonds. The second-order valence-electron chi connectivity index (χ2n) is 4.81. The van der Waals surface area contributed by atoms with E-state index in [2.05, 4.69) is 30.2 Å². The minimum atomic E-state index is 0.537. The number of hydrogen-bond acceptors (Lipinski definition) is 6. The van der Waals surface area contributed by atoms with Crippen LogP contribution < -0.4 is 5.32 Å². The molecule has 7 heteroatoms. The molecule has 0 radical (unpaired) electrons. The zero-order chi connectivity index (χ0) is 14.9. The molecule has 2 N–H and O–H groups in total. The predicted octanol–water partition coefficient (Wildman–Crippen LogP) is 3.53. The largest absolute Gasteiger partial charge is 0.359 e. The van der Waals surface area contributed by atoms with Crippen molar-refractivity contribution in [1.82, 2.24) is 24.9 Å². The molecule has 4 aromatic rings. The van der Waals surface area contributed by atoms with Crippen molar-refractivity contribution in [3.05, 3.63) is 48.0 Å². The van der Waals surface area contributed by atoms with Gasteiger partial charge in [0.2, 0.25) is 5.95 Å². The second-order valence-corrected chi connectivity index (χ2v) is 5.67. The van der Waals surface area contributed by atoms with E-state index in [1.54, 1.807) is 18.6 Å². The Kier molecular flexibility index (Phi) is 3.05. The SMILES string of the molecule is Cc1csc(Nc2nccc(-c3c[nH]c4cnccc34)n2)n1. The smallest absolute Gasteiger partial charge is 0.229 e. The number of nitrogens with zero attached hydrogens (tertiary/aromatic N) is 4. The number of aromatic nitrogens is 5. The van der Waals surface area contributed by atoms with Gasteiger partial charge >= 0.3 is 0 Å². The lowest BCUT2D eigenvalue weighted by atomic mass is 10.1. The van der Waals surface area contributed by atoms with Crippen molar-refractivity contribution in [2.75, 3.05) is 5.32 Å². The summed E-state index contributed by atoms with van der Waals surface area (Å²) < 4.78 is 0. The molecule has 0 unspecified atom stereocenters. The van der Waals surface area contributed by atoms with Gasteiger partial charge in [-0.1, -0.05) is 0 Å². The van der Waals surface area contributed by atoms with Crippen molar-refractivity contribution in [3.8, 4) is 11.3 Å². The van der Waals surface area contributed by atoms with Gasteiger partial charge in [0.25, 0.3) is 0 Å². The van der Waals surface area contributed by atoms with Crippen LogP contribution in [0.2, 0.25) is 0 Å². The maximum atomic E-state index is 4.57. The molecule has 0 bridgehead atoms. The van der Waals surface area contributed by atoms with E-state index in [4.69, 9.17) is 0 Å². The number of pyridine rings is 1. The van der Waals surface area contributed by atoms with E-state index in [0.717, 1.165) is 33.0 Å². The molecule has 0 aliphatic heterocycles. The molecule has 0 atom stereocenters. The third-order valence-electron chi connectivity index (χ3n) is 3.25. The average Bonchev–Trinajstić information content (AvgIpc) is 3.14. The van der Waals surface area contributed by atoms with Gasteiger partial charge < -0.3 is 10.3 Å². The van der Waals surface area contributed by atoms with Crippen LogP contribution in [0.1, 0.15) is 5.69 Å². The van der Waals surface area contributed by atoms with Gasteiger partial charge in [-0.15, -0.1) is 11.3 Å². The minimum Gasteiger partial charge on any atom is -0.359 e. The fraction of sp³-hybridized carbons (Fsp3) is 0.0667. The topological polar surface area (TPSA) is 79.4 Å². The number of aryl methyl sites for hydroxylation is 1. The van der Waals surface area contributed by atoms with Crippen molar-refractivity contribution in [2.45, 2.75) is 6.92 Å². The number of fused-ring (bicyclic) bond motifs is 1. The fourth-order valence-corrected chi connectivity index (χ4v) is 2.94. The van der Waals surface area contributed by atoms with Crippen LogP contribution in [-0.4, -0.2) is 24.9 Å². The van der Waals surface area contributed by atoms with E-state index >= 15 is 0 Å². The quantitative estimate of drug-likeness (QED) is 0.605. The predicted molar refractivity (Wildman–Crippen MR) is 87.3 cm³/mol. The molecular formula is C15H12N6S. The van der Waals surface area contributed by atoms with Crippen molar-refractivity contribution in [2.24, 2.45) is 0 Å². The van der Waals surface area contributed by atoms with E-state index in [1.165, 1.54) is 11.3 Å². The first-order valence-electron chi connectivity index (χ1n) is 6.73. The number of nitrogens with one attached hydrogen (secondary N) is 2. The monoisotopic (exact) mass is 308 g/mol. The van der Waals surface area contributed by atoms with Crippen LogP contribution in [0.4, 0.5) is 11.1 Å². The molecule has 22 heavy (non-hydrogen) atoms. The first kappa shape index (κ1) is 12.9. The summed E-state index contributed by atoms with van der Waals surface area (Å²) in [5.74, 6) is 0.537. The fourth-order valence-electron chi connectivity index (χ4n) is 2.26. The summed E-state index contributed by atoms with van der Waals surface area (Å²) in [6.45, 7) is 1.96. The zero-order valence-corrected chi connectivity index (χ0v) is 12.6. The molecule has 0 spiro atoms. The highest BCUT2D eigenvalue weighted by Crippen LogP contribution is 2.27. The summed E-state index contributed by atoms with van der Waals surface area (Å²) in [6.07, 6.45) is 7.26. The van der Waals surface area contributed by atoms with Gasteiger partial charge in [-0.2, -0.15) is 0 Å². The normalized spacial score (nSPS) is 11.0. The summed E-state index contributed by atoms with van der Waals surface area (Å²) in [5, 5.41) is 7.00. The Hall–Kier alpha value is -2.80. The molecule has 0 saturated carbocycles. The average molecular weight is 308 g/mol. The molecule has 0 aromatic carbocycles. The van der Waals surface area contributed by atoms with Crippen LogP contribution in [0.5, 0.6) is 0 Å². The molecule has 108 valence electrons. The molecule has 0 saturated heterocycles. The third-order valence-corrected chi connectivity index (χ3v) is 4.13. The number of hydrogen-bond donors (Lipinski definition) is 2. The number of anilines is 2. The molecule has 4 rings (SSSR count). The summed E-state index contributed by atoms with van der Waals surface area (Å²) in [6, 6.07) is 3.86. The number of aromatic amines is 1. The van der Waals surface area contributed by atoms with Crippen LogP contribution in [0.25, 0.3) is 22.2 Å². The van der Waals surface area contributed by atoms with Crippen molar-refractivity contribution < 1.29 is 0 Å². The maximum absolute atomic E-state index is 4.57. The van der Waals surface area contributed by atoms with Crippen molar-refractivity contribution in [3.63, 3.8) is 0 Å². The molecule has 6 nitrogen and oxygen atoms in total. The van der Waals surface area contributed by atoms with Gasteiger partial charge in [0.15, 0.2) is 5.13 Å². The number of rotatable bonds is 3.